The molecule has 1 aromatic carbocycles. The minimum Gasteiger partial charge on any atom is -0.482 e. The lowest BCUT2D eigenvalue weighted by Gasteiger charge is -2.37. The fraction of sp³-hybridized carbons (Fsp3) is 0.429. The van der Waals surface area contributed by atoms with Crippen LogP contribution in [0.25, 0.3) is 0 Å². The van der Waals surface area contributed by atoms with Crippen LogP contribution in [0.15, 0.2) is 18.2 Å². The van der Waals surface area contributed by atoms with E-state index in [0.29, 0.717) is 28.6 Å². The second-order valence-electron chi connectivity index (χ2n) is 5.08. The fourth-order valence-corrected chi connectivity index (χ4v) is 2.45. The molecule has 5 nitrogen and oxygen atoms in total. The first kappa shape index (κ1) is 15.9. The van der Waals surface area contributed by atoms with Crippen molar-refractivity contribution in [2.75, 3.05) is 13.2 Å². The highest BCUT2D eigenvalue weighted by Gasteiger charge is 2.44. The van der Waals surface area contributed by atoms with Crippen LogP contribution in [-0.2, 0) is 9.59 Å². The lowest BCUT2D eigenvalue weighted by atomic mass is 9.69. The Morgan fingerprint density at radius 2 is 2.05 bits per heavy atom. The third-order valence-electron chi connectivity index (χ3n) is 3.64. The third-order valence-corrected chi connectivity index (χ3v) is 4.19. The minimum atomic E-state index is -0.868. The van der Waals surface area contributed by atoms with Gasteiger partial charge in [0.05, 0.1) is 10.4 Å². The molecule has 0 bridgehead atoms. The lowest BCUT2D eigenvalue weighted by Crippen LogP contribution is -2.48. The number of carboxylic acids is 1. The van der Waals surface area contributed by atoms with Crippen molar-refractivity contribution in [3.05, 3.63) is 28.2 Å². The SMILES string of the molecule is O=C(COc1cc(Cl)ccc1Cl)NCC1(C(=O)O)CCC1. The molecule has 0 spiro atoms. The number of hydrogen-bond acceptors (Lipinski definition) is 3. The van der Waals surface area contributed by atoms with Crippen molar-refractivity contribution >= 4 is 35.1 Å². The summed E-state index contributed by atoms with van der Waals surface area (Å²) in [4.78, 5) is 22.9. The average molecular weight is 332 g/mol. The smallest absolute Gasteiger partial charge is 0.311 e. The van der Waals surface area contributed by atoms with Gasteiger partial charge in [0.1, 0.15) is 5.75 Å². The van der Waals surface area contributed by atoms with E-state index in [2.05, 4.69) is 5.32 Å². The zero-order valence-electron chi connectivity index (χ0n) is 11.2. The molecular weight excluding hydrogens is 317 g/mol. The molecule has 0 atom stereocenters. The summed E-state index contributed by atoms with van der Waals surface area (Å²) in [6.07, 6.45) is 2.05. The van der Waals surface area contributed by atoms with Crippen molar-refractivity contribution < 1.29 is 19.4 Å². The molecular formula is C14H15Cl2NO4. The maximum atomic E-state index is 11.7. The third kappa shape index (κ3) is 3.80. The highest BCUT2D eigenvalue weighted by atomic mass is 35.5. The minimum absolute atomic E-state index is 0.119. The van der Waals surface area contributed by atoms with Crippen LogP contribution < -0.4 is 10.1 Å². The number of carbonyl (C=O) groups excluding carboxylic acids is 1. The fourth-order valence-electron chi connectivity index (χ4n) is 2.12. The van der Waals surface area contributed by atoms with Gasteiger partial charge in [0, 0.05) is 17.6 Å². The molecule has 1 aliphatic rings. The van der Waals surface area contributed by atoms with E-state index < -0.39 is 17.3 Å². The highest BCUT2D eigenvalue weighted by Crippen LogP contribution is 2.40. The van der Waals surface area contributed by atoms with Gasteiger partial charge in [0.15, 0.2) is 6.61 Å². The van der Waals surface area contributed by atoms with Gasteiger partial charge < -0.3 is 15.2 Å². The molecule has 1 fully saturated rings. The first-order valence-corrected chi connectivity index (χ1v) is 7.26. The topological polar surface area (TPSA) is 75.6 Å². The second-order valence-corrected chi connectivity index (χ2v) is 5.92. The molecule has 0 saturated heterocycles. The second kappa shape index (κ2) is 6.54. The molecule has 7 heteroatoms. The molecule has 2 rings (SSSR count). The van der Waals surface area contributed by atoms with Crippen molar-refractivity contribution in [2.45, 2.75) is 19.3 Å². The van der Waals surface area contributed by atoms with E-state index in [9.17, 15) is 9.59 Å². The normalized spacial score (nSPS) is 15.9. The van der Waals surface area contributed by atoms with E-state index in [0.717, 1.165) is 6.42 Å². The Morgan fingerprint density at radius 3 is 2.62 bits per heavy atom. The van der Waals surface area contributed by atoms with Crippen LogP contribution in [-0.4, -0.2) is 30.1 Å². The van der Waals surface area contributed by atoms with Crippen molar-refractivity contribution in [3.8, 4) is 5.75 Å². The largest absolute Gasteiger partial charge is 0.482 e. The van der Waals surface area contributed by atoms with Crippen molar-refractivity contribution in [2.24, 2.45) is 5.41 Å². The van der Waals surface area contributed by atoms with Crippen LogP contribution in [0.3, 0.4) is 0 Å². The number of ether oxygens (including phenoxy) is 1. The number of hydrogen-bond donors (Lipinski definition) is 2. The first-order chi connectivity index (χ1) is 9.93. The van der Waals surface area contributed by atoms with Crippen molar-refractivity contribution in [1.82, 2.24) is 5.32 Å². The van der Waals surface area contributed by atoms with Crippen LogP contribution in [0.2, 0.25) is 10.0 Å². The molecule has 0 aliphatic heterocycles. The number of rotatable bonds is 6. The maximum absolute atomic E-state index is 11.7. The van der Waals surface area contributed by atoms with E-state index in [-0.39, 0.29) is 13.2 Å². The van der Waals surface area contributed by atoms with Crippen molar-refractivity contribution in [3.63, 3.8) is 0 Å². The summed E-state index contributed by atoms with van der Waals surface area (Å²) in [5.41, 5.74) is -0.816. The monoisotopic (exact) mass is 331 g/mol. The Labute approximate surface area is 132 Å². The Bertz CT molecular complexity index is 558. The lowest BCUT2D eigenvalue weighted by molar-refractivity contribution is -0.154. The number of carbonyl (C=O) groups is 2. The number of halogens is 2. The molecule has 0 heterocycles. The number of carboxylic acid groups (broad SMARTS) is 1. The Morgan fingerprint density at radius 1 is 1.33 bits per heavy atom. The summed E-state index contributed by atoms with van der Waals surface area (Å²) in [6, 6.07) is 4.71. The van der Waals surface area contributed by atoms with E-state index in [1.165, 1.54) is 6.07 Å². The summed E-state index contributed by atoms with van der Waals surface area (Å²) >= 11 is 11.7. The van der Waals surface area contributed by atoms with E-state index in [4.69, 9.17) is 33.0 Å². The molecule has 0 radical (unpaired) electrons. The summed E-state index contributed by atoms with van der Waals surface area (Å²) in [5.74, 6) is -0.942. The van der Waals surface area contributed by atoms with E-state index in [1.807, 2.05) is 0 Å². The summed E-state index contributed by atoms with van der Waals surface area (Å²) < 4.78 is 5.28. The van der Waals surface area contributed by atoms with Gasteiger partial charge in [-0.15, -0.1) is 0 Å². The molecule has 1 aliphatic carbocycles. The number of aliphatic carboxylic acids is 1. The maximum Gasteiger partial charge on any atom is 0.311 e. The van der Waals surface area contributed by atoms with Crippen LogP contribution in [0.1, 0.15) is 19.3 Å². The zero-order valence-corrected chi connectivity index (χ0v) is 12.7. The average Bonchev–Trinajstić information content (AvgIpc) is 2.38. The quantitative estimate of drug-likeness (QED) is 0.840. The molecule has 1 amide bonds. The molecule has 2 N–H and O–H groups in total. The summed E-state index contributed by atoms with van der Waals surface area (Å²) in [5, 5.41) is 12.6. The number of benzene rings is 1. The van der Waals surface area contributed by atoms with Gasteiger partial charge in [-0.1, -0.05) is 29.6 Å². The van der Waals surface area contributed by atoms with Crippen LogP contribution in [0, 0.1) is 5.41 Å². The molecule has 114 valence electrons. The summed E-state index contributed by atoms with van der Waals surface area (Å²) in [6.45, 7) is -0.121. The zero-order chi connectivity index (χ0) is 15.5. The van der Waals surface area contributed by atoms with Gasteiger partial charge in [-0.3, -0.25) is 9.59 Å². The number of nitrogens with one attached hydrogen (secondary N) is 1. The Hall–Kier alpha value is -1.46. The van der Waals surface area contributed by atoms with Crippen LogP contribution in [0.5, 0.6) is 5.75 Å². The standard InChI is InChI=1S/C14H15Cl2NO4/c15-9-2-3-10(16)11(6-9)21-7-12(18)17-8-14(13(19)20)4-1-5-14/h2-3,6H,1,4-5,7-8H2,(H,17,18)(H,19,20). The van der Waals surface area contributed by atoms with Crippen LogP contribution in [0.4, 0.5) is 0 Å². The highest BCUT2D eigenvalue weighted by molar-refractivity contribution is 6.34. The summed E-state index contributed by atoms with van der Waals surface area (Å²) in [7, 11) is 0. The first-order valence-electron chi connectivity index (χ1n) is 6.51. The molecule has 0 aromatic heterocycles. The predicted octanol–water partition coefficient (Wildman–Crippen LogP) is 2.74. The van der Waals surface area contributed by atoms with Gasteiger partial charge in [0.25, 0.3) is 5.91 Å². The van der Waals surface area contributed by atoms with Crippen molar-refractivity contribution in [1.29, 1.82) is 0 Å². The van der Waals surface area contributed by atoms with Gasteiger partial charge in [0.2, 0.25) is 0 Å². The molecule has 1 aromatic rings. The van der Waals surface area contributed by atoms with Gasteiger partial charge in [-0.05, 0) is 25.0 Å². The van der Waals surface area contributed by atoms with Crippen LogP contribution >= 0.6 is 23.2 Å². The van der Waals surface area contributed by atoms with Gasteiger partial charge in [-0.25, -0.2) is 0 Å². The molecule has 1 saturated carbocycles. The molecule has 0 unspecified atom stereocenters. The Kier molecular flexibility index (Phi) is 4.96. The predicted molar refractivity (Wildman–Crippen MR) is 78.9 cm³/mol. The Balaban J connectivity index is 1.82. The van der Waals surface area contributed by atoms with E-state index >= 15 is 0 Å². The van der Waals surface area contributed by atoms with E-state index in [1.54, 1.807) is 12.1 Å². The number of amides is 1. The van der Waals surface area contributed by atoms with Gasteiger partial charge >= 0.3 is 5.97 Å². The molecule has 21 heavy (non-hydrogen) atoms. The van der Waals surface area contributed by atoms with Gasteiger partial charge in [-0.2, -0.15) is 0 Å².